The molecule has 0 spiro atoms. The number of alkyl halides is 1. The Bertz CT molecular complexity index is 338. The maximum Gasteiger partial charge on any atom is 0.195 e. The highest BCUT2D eigenvalue weighted by Gasteiger charge is 2.12. The van der Waals surface area contributed by atoms with Gasteiger partial charge in [-0.1, -0.05) is 23.7 Å². The van der Waals surface area contributed by atoms with Gasteiger partial charge in [0.1, 0.15) is 0 Å². The van der Waals surface area contributed by atoms with Gasteiger partial charge in [-0.25, -0.2) is 0 Å². The number of para-hydroxylation sites is 1. The van der Waals surface area contributed by atoms with Crippen LogP contribution in [0.4, 0.5) is 5.69 Å². The third-order valence-corrected chi connectivity index (χ3v) is 2.54. The zero-order valence-corrected chi connectivity index (χ0v) is 8.43. The van der Waals surface area contributed by atoms with E-state index in [1.807, 2.05) is 18.2 Å². The lowest BCUT2D eigenvalue weighted by Gasteiger charge is -2.17. The van der Waals surface area contributed by atoms with E-state index >= 15 is 0 Å². The smallest absolute Gasteiger partial charge is 0.195 e. The molecule has 62 valence electrons. The van der Waals surface area contributed by atoms with Crippen LogP contribution in [0.5, 0.6) is 0 Å². The first-order valence-electron chi connectivity index (χ1n) is 3.49. The van der Waals surface area contributed by atoms with Crippen LogP contribution in [0.3, 0.4) is 0 Å². The van der Waals surface area contributed by atoms with Gasteiger partial charge in [-0.2, -0.15) is 0 Å². The van der Waals surface area contributed by atoms with E-state index in [4.69, 9.17) is 11.6 Å². The summed E-state index contributed by atoms with van der Waals surface area (Å²) in [6, 6.07) is 5.92. The van der Waals surface area contributed by atoms with Gasteiger partial charge in [0, 0.05) is 16.3 Å². The number of hydrogen-bond acceptors (Lipinski definition) is 2. The Kier molecular flexibility index (Phi) is 2.07. The maximum atomic E-state index is 5.79. The quantitative estimate of drug-likeness (QED) is 0.552. The van der Waals surface area contributed by atoms with Gasteiger partial charge in [0.2, 0.25) is 0 Å². The lowest BCUT2D eigenvalue weighted by atomic mass is 10.2. The molecule has 1 heterocycles. The molecule has 0 bridgehead atoms. The van der Waals surface area contributed by atoms with Crippen molar-refractivity contribution in [3.05, 3.63) is 28.2 Å². The van der Waals surface area contributed by atoms with Crippen LogP contribution >= 0.6 is 27.5 Å². The molecule has 0 saturated heterocycles. The zero-order chi connectivity index (χ0) is 8.55. The molecule has 1 aromatic carbocycles. The number of halogens is 2. The molecule has 4 heteroatoms. The minimum atomic E-state index is -0.351. The largest absolute Gasteiger partial charge is 0.350 e. The minimum Gasteiger partial charge on any atom is -0.350 e. The van der Waals surface area contributed by atoms with Crippen molar-refractivity contribution in [2.75, 3.05) is 5.32 Å². The van der Waals surface area contributed by atoms with Crippen LogP contribution in [0, 0.1) is 0 Å². The van der Waals surface area contributed by atoms with Crippen LogP contribution < -0.4 is 5.32 Å². The van der Waals surface area contributed by atoms with Crippen molar-refractivity contribution in [1.29, 1.82) is 0 Å². The second-order valence-corrected chi connectivity index (χ2v) is 3.73. The fourth-order valence-electron chi connectivity index (χ4n) is 1.10. The van der Waals surface area contributed by atoms with E-state index in [1.54, 1.807) is 6.21 Å². The Balaban J connectivity index is 2.53. The molecule has 0 saturated carbocycles. The van der Waals surface area contributed by atoms with E-state index in [0.29, 0.717) is 0 Å². The summed E-state index contributed by atoms with van der Waals surface area (Å²) in [6.07, 6.45) is 1.77. The SMILES string of the molecule is ClC1N=Cc2cccc(Br)c2N1. The third-order valence-electron chi connectivity index (χ3n) is 1.65. The number of hydrogen-bond donors (Lipinski definition) is 1. The lowest BCUT2D eigenvalue weighted by molar-refractivity contribution is 1.03. The fourth-order valence-corrected chi connectivity index (χ4v) is 1.76. The van der Waals surface area contributed by atoms with Crippen molar-refractivity contribution in [3.63, 3.8) is 0 Å². The second-order valence-electron chi connectivity index (χ2n) is 2.46. The minimum absolute atomic E-state index is 0.351. The Morgan fingerprint density at radius 3 is 3.17 bits per heavy atom. The van der Waals surface area contributed by atoms with E-state index in [1.165, 1.54) is 0 Å². The van der Waals surface area contributed by atoms with Gasteiger partial charge >= 0.3 is 0 Å². The Labute approximate surface area is 83.8 Å². The molecule has 1 aliphatic heterocycles. The molecule has 2 nitrogen and oxygen atoms in total. The molecule has 1 atom stereocenters. The molecule has 1 N–H and O–H groups in total. The molecule has 12 heavy (non-hydrogen) atoms. The number of anilines is 1. The number of fused-ring (bicyclic) bond motifs is 1. The Morgan fingerprint density at radius 2 is 2.33 bits per heavy atom. The van der Waals surface area contributed by atoms with Crippen LogP contribution in [0.1, 0.15) is 5.56 Å². The molecular formula is C8H6BrClN2. The summed E-state index contributed by atoms with van der Waals surface area (Å²) in [5, 5.41) is 3.05. The monoisotopic (exact) mass is 244 g/mol. The summed E-state index contributed by atoms with van der Waals surface area (Å²) in [7, 11) is 0. The molecule has 0 amide bonds. The summed E-state index contributed by atoms with van der Waals surface area (Å²) in [5.74, 6) is 0. The molecule has 1 unspecified atom stereocenters. The first kappa shape index (κ1) is 8.08. The average molecular weight is 246 g/mol. The fraction of sp³-hybridized carbons (Fsp3) is 0.125. The standard InChI is InChI=1S/C8H6BrClN2/c9-6-3-1-2-5-4-11-8(10)12-7(5)6/h1-4,8,12H. The van der Waals surface area contributed by atoms with Crippen LogP contribution in [0.2, 0.25) is 0 Å². The highest BCUT2D eigenvalue weighted by molar-refractivity contribution is 9.10. The number of benzene rings is 1. The first-order valence-corrected chi connectivity index (χ1v) is 4.72. The van der Waals surface area contributed by atoms with Gasteiger partial charge in [-0.05, 0) is 22.0 Å². The summed E-state index contributed by atoms with van der Waals surface area (Å²) in [4.78, 5) is 4.02. The van der Waals surface area contributed by atoms with E-state index < -0.39 is 0 Å². The van der Waals surface area contributed by atoms with Gasteiger partial charge in [0.05, 0.1) is 5.69 Å². The van der Waals surface area contributed by atoms with E-state index in [0.717, 1.165) is 15.7 Å². The van der Waals surface area contributed by atoms with E-state index in [-0.39, 0.29) is 5.62 Å². The number of rotatable bonds is 0. The predicted molar refractivity (Wildman–Crippen MR) is 55.0 cm³/mol. The van der Waals surface area contributed by atoms with Gasteiger partial charge in [-0.3, -0.25) is 4.99 Å². The van der Waals surface area contributed by atoms with Gasteiger partial charge < -0.3 is 5.32 Å². The van der Waals surface area contributed by atoms with Crippen molar-refractivity contribution >= 4 is 39.4 Å². The normalized spacial score (nSPS) is 20.0. The summed E-state index contributed by atoms with van der Waals surface area (Å²) in [6.45, 7) is 0. The number of aliphatic imine (C=N–C) groups is 1. The third kappa shape index (κ3) is 1.34. The highest BCUT2D eigenvalue weighted by Crippen LogP contribution is 2.28. The number of nitrogens with zero attached hydrogens (tertiary/aromatic N) is 1. The summed E-state index contributed by atoms with van der Waals surface area (Å²) >= 11 is 9.21. The van der Waals surface area contributed by atoms with Crippen LogP contribution in [-0.4, -0.2) is 11.8 Å². The van der Waals surface area contributed by atoms with Crippen molar-refractivity contribution in [3.8, 4) is 0 Å². The second kappa shape index (κ2) is 3.07. The van der Waals surface area contributed by atoms with Crippen molar-refractivity contribution in [2.24, 2.45) is 4.99 Å². The van der Waals surface area contributed by atoms with Crippen molar-refractivity contribution in [2.45, 2.75) is 5.62 Å². The molecular weight excluding hydrogens is 239 g/mol. The predicted octanol–water partition coefficient (Wildman–Crippen LogP) is 2.82. The van der Waals surface area contributed by atoms with Gasteiger partial charge in [-0.15, -0.1) is 0 Å². The van der Waals surface area contributed by atoms with Crippen LogP contribution in [0.25, 0.3) is 0 Å². The Hall–Kier alpha value is -0.540. The van der Waals surface area contributed by atoms with Crippen LogP contribution in [-0.2, 0) is 0 Å². The topological polar surface area (TPSA) is 24.4 Å². The van der Waals surface area contributed by atoms with E-state index in [9.17, 15) is 0 Å². The zero-order valence-electron chi connectivity index (χ0n) is 6.09. The average Bonchev–Trinajstić information content (AvgIpc) is 2.07. The highest BCUT2D eigenvalue weighted by atomic mass is 79.9. The van der Waals surface area contributed by atoms with Crippen molar-refractivity contribution < 1.29 is 0 Å². The van der Waals surface area contributed by atoms with E-state index in [2.05, 4.69) is 26.2 Å². The first-order chi connectivity index (χ1) is 5.77. The van der Waals surface area contributed by atoms with Crippen LogP contribution in [0.15, 0.2) is 27.7 Å². The molecule has 0 fully saturated rings. The maximum absolute atomic E-state index is 5.79. The molecule has 0 radical (unpaired) electrons. The molecule has 0 aliphatic carbocycles. The van der Waals surface area contributed by atoms with Gasteiger partial charge in [0.15, 0.2) is 5.62 Å². The van der Waals surface area contributed by atoms with Gasteiger partial charge in [0.25, 0.3) is 0 Å². The molecule has 2 rings (SSSR count). The molecule has 1 aliphatic rings. The Morgan fingerprint density at radius 1 is 1.50 bits per heavy atom. The lowest BCUT2D eigenvalue weighted by Crippen LogP contribution is -2.15. The number of nitrogens with one attached hydrogen (secondary N) is 1. The molecule has 1 aromatic rings. The van der Waals surface area contributed by atoms with Crippen molar-refractivity contribution in [1.82, 2.24) is 0 Å². The summed E-state index contributed by atoms with van der Waals surface area (Å²) < 4.78 is 1.01. The molecule has 0 aromatic heterocycles. The summed E-state index contributed by atoms with van der Waals surface area (Å²) in [5.41, 5.74) is 1.71.